The van der Waals surface area contributed by atoms with E-state index < -0.39 is 60.0 Å². The molecule has 5 N–H and O–H groups in total. The van der Waals surface area contributed by atoms with E-state index in [1.807, 2.05) is 6.92 Å². The van der Waals surface area contributed by atoms with E-state index in [9.17, 15) is 29.4 Å². The Balaban J connectivity index is 2.60. The Bertz CT molecular complexity index is 1140. The molecule has 0 fully saturated rings. The monoisotopic (exact) mass is 578 g/mol. The highest BCUT2D eigenvalue weighted by Crippen LogP contribution is 2.29. The van der Waals surface area contributed by atoms with Gasteiger partial charge >= 0.3 is 6.09 Å². The summed E-state index contributed by atoms with van der Waals surface area (Å²) < 4.78 is 21.7. The van der Waals surface area contributed by atoms with Gasteiger partial charge in [-0.3, -0.25) is 14.4 Å². The van der Waals surface area contributed by atoms with Crippen LogP contribution in [0.4, 0.5) is 4.79 Å². The summed E-state index contributed by atoms with van der Waals surface area (Å²) in [5, 5.41) is 24.4. The molecule has 0 spiro atoms. The number of hydrogen-bond acceptors (Lipinski definition) is 10. The number of nitrogens with two attached hydrogens (primary N) is 1. The summed E-state index contributed by atoms with van der Waals surface area (Å²) in [6, 6.07) is 0. The number of rotatable bonds is 4. The zero-order chi connectivity index (χ0) is 31.0. The minimum Gasteiger partial charge on any atom is -0.492 e. The van der Waals surface area contributed by atoms with Gasteiger partial charge < -0.3 is 40.2 Å². The van der Waals surface area contributed by atoms with Crippen LogP contribution in [0.2, 0.25) is 0 Å². The number of carbonyl (C=O) groups is 4. The maximum absolute atomic E-state index is 13.4. The second-order valence-corrected chi connectivity index (χ2v) is 10.6. The van der Waals surface area contributed by atoms with Gasteiger partial charge in [0.1, 0.15) is 6.10 Å². The molecule has 0 unspecified atom stereocenters. The summed E-state index contributed by atoms with van der Waals surface area (Å²) in [6.45, 7) is 6.73. The maximum atomic E-state index is 13.4. The number of carbonyl (C=O) groups excluding carboxylic acids is 4. The molecule has 2 bridgehead atoms. The molecule has 2 rings (SSSR count). The molecule has 228 valence electrons. The number of methoxy groups -OCH3 is 3. The molecule has 2 aliphatic rings. The van der Waals surface area contributed by atoms with Crippen LogP contribution in [-0.2, 0) is 33.3 Å². The maximum Gasteiger partial charge on any atom is 0.405 e. The van der Waals surface area contributed by atoms with Crippen molar-refractivity contribution in [3.63, 3.8) is 0 Å². The van der Waals surface area contributed by atoms with Gasteiger partial charge in [0.25, 0.3) is 5.91 Å². The third kappa shape index (κ3) is 8.83. The quantitative estimate of drug-likeness (QED) is 0.282. The van der Waals surface area contributed by atoms with Gasteiger partial charge in [0, 0.05) is 43.8 Å². The lowest BCUT2D eigenvalue weighted by molar-refractivity contribution is -0.121. The van der Waals surface area contributed by atoms with Crippen LogP contribution >= 0.6 is 0 Å². The van der Waals surface area contributed by atoms with Crippen LogP contribution < -0.4 is 11.1 Å². The van der Waals surface area contributed by atoms with Crippen molar-refractivity contribution in [3.8, 4) is 0 Å². The average molecular weight is 579 g/mol. The fourth-order valence-electron chi connectivity index (χ4n) is 5.15. The lowest BCUT2D eigenvalue weighted by Gasteiger charge is -2.30. The number of amides is 2. The number of allylic oxidation sites excluding steroid dienone is 2. The number of aliphatic hydroxyl groups is 2. The van der Waals surface area contributed by atoms with Gasteiger partial charge in [0.2, 0.25) is 11.6 Å². The Hall–Kier alpha value is -3.32. The molecular weight excluding hydrogens is 536 g/mol. The number of aliphatic hydroxyl groups excluding tert-OH is 2. The molecule has 0 aromatic carbocycles. The fourth-order valence-corrected chi connectivity index (χ4v) is 5.15. The molecule has 1 aliphatic heterocycles. The lowest BCUT2D eigenvalue weighted by Crippen LogP contribution is -2.39. The number of primary amides is 1. The molecule has 0 saturated carbocycles. The molecule has 12 heteroatoms. The summed E-state index contributed by atoms with van der Waals surface area (Å²) in [5.41, 5.74) is 5.79. The van der Waals surface area contributed by atoms with E-state index in [0.29, 0.717) is 12.0 Å². The second-order valence-electron chi connectivity index (χ2n) is 10.6. The van der Waals surface area contributed by atoms with E-state index in [4.69, 9.17) is 24.7 Å². The molecule has 41 heavy (non-hydrogen) atoms. The molecule has 0 saturated heterocycles. The average Bonchev–Trinajstić information content (AvgIpc) is 2.90. The van der Waals surface area contributed by atoms with Gasteiger partial charge in [-0.15, -0.1) is 0 Å². The highest BCUT2D eigenvalue weighted by atomic mass is 16.6. The normalized spacial score (nSPS) is 31.1. The van der Waals surface area contributed by atoms with Crippen molar-refractivity contribution in [3.05, 3.63) is 46.4 Å². The standard InChI is InChI=1S/C29H42N2O10/c1-14-8-19-25(35)20(13-21(33)27(19)40-7)31-28(36)17(4)11-18(32)12-23(39-6)26(41-29(30)37)16(3)10-15(2)24(34)22(9-14)38-5/h10-11,13-15,18,22-24,26,32,34H,8-9,12H2,1-7H3,(H2,30,37)(H,31,36)/t14-,15+,18+,22+,23+,24-,26+/m1/s1. The Kier molecular flexibility index (Phi) is 12.4. The van der Waals surface area contributed by atoms with Gasteiger partial charge in [-0.05, 0) is 44.3 Å². The minimum atomic E-state index is -1.23. The van der Waals surface area contributed by atoms with Crippen LogP contribution in [0.25, 0.3) is 0 Å². The zero-order valence-electron chi connectivity index (χ0n) is 24.6. The van der Waals surface area contributed by atoms with Crippen LogP contribution in [-0.4, -0.2) is 85.6 Å². The third-order valence-electron chi connectivity index (χ3n) is 7.29. The summed E-state index contributed by atoms with van der Waals surface area (Å²) >= 11 is 0. The predicted molar refractivity (Wildman–Crippen MR) is 148 cm³/mol. The molecule has 7 atom stereocenters. The second kappa shape index (κ2) is 15.1. The van der Waals surface area contributed by atoms with Crippen molar-refractivity contribution >= 4 is 23.6 Å². The van der Waals surface area contributed by atoms with E-state index in [1.165, 1.54) is 34.3 Å². The fraction of sp³-hybridized carbons (Fsp3) is 0.586. The van der Waals surface area contributed by atoms with Gasteiger partial charge in [0.05, 0.1) is 31.1 Å². The Morgan fingerprint density at radius 3 is 2.20 bits per heavy atom. The Morgan fingerprint density at radius 1 is 1.00 bits per heavy atom. The summed E-state index contributed by atoms with van der Waals surface area (Å²) in [5.74, 6) is -2.68. The number of Topliss-reactive ketones (excluding diaryl/α,β-unsaturated/α-hetero) is 1. The van der Waals surface area contributed by atoms with E-state index in [0.717, 1.165) is 6.08 Å². The van der Waals surface area contributed by atoms with Crippen molar-refractivity contribution in [2.75, 3.05) is 21.3 Å². The summed E-state index contributed by atoms with van der Waals surface area (Å²) in [4.78, 5) is 50.8. The highest BCUT2D eigenvalue weighted by molar-refractivity contribution is 6.23. The molecule has 0 aromatic heterocycles. The zero-order valence-corrected chi connectivity index (χ0v) is 24.6. The Morgan fingerprint density at radius 2 is 1.63 bits per heavy atom. The minimum absolute atomic E-state index is 0.0715. The number of nitrogens with one attached hydrogen (secondary N) is 1. The number of ketones is 2. The largest absolute Gasteiger partial charge is 0.492 e. The van der Waals surface area contributed by atoms with Crippen LogP contribution in [0.1, 0.15) is 47.0 Å². The summed E-state index contributed by atoms with van der Waals surface area (Å²) in [6.07, 6.45) is -1.49. The SMILES string of the molecule is COC1=C2C[C@@H](C)C[C@H](OC)[C@H](O)[C@@H](C)C=C(C)[C@H](OC(N)=O)[C@@H](OC)C[C@@H](O)C=C(C)C(=O)NC(=CC1=O)C2=O. The van der Waals surface area contributed by atoms with Gasteiger partial charge in [-0.1, -0.05) is 19.9 Å². The first-order chi connectivity index (χ1) is 19.2. The topological polar surface area (TPSA) is 184 Å². The predicted octanol–water partition coefficient (Wildman–Crippen LogP) is 1.60. The van der Waals surface area contributed by atoms with E-state index in [2.05, 4.69) is 5.32 Å². The van der Waals surface area contributed by atoms with Crippen molar-refractivity contribution in [2.45, 2.75) is 77.5 Å². The van der Waals surface area contributed by atoms with Crippen molar-refractivity contribution in [1.29, 1.82) is 0 Å². The number of fused-ring (bicyclic) bond motifs is 2. The van der Waals surface area contributed by atoms with E-state index in [-0.39, 0.29) is 41.4 Å². The molecule has 2 amide bonds. The van der Waals surface area contributed by atoms with E-state index in [1.54, 1.807) is 19.9 Å². The number of hydrogen-bond donors (Lipinski definition) is 4. The van der Waals surface area contributed by atoms with Gasteiger partial charge in [-0.25, -0.2) is 4.79 Å². The summed E-state index contributed by atoms with van der Waals surface area (Å²) in [7, 11) is 4.12. The molecule has 0 aromatic rings. The molecule has 0 radical (unpaired) electrons. The van der Waals surface area contributed by atoms with Crippen LogP contribution in [0.3, 0.4) is 0 Å². The highest BCUT2D eigenvalue weighted by Gasteiger charge is 2.34. The molecular formula is C29H42N2O10. The van der Waals surface area contributed by atoms with Crippen LogP contribution in [0.5, 0.6) is 0 Å². The lowest BCUT2D eigenvalue weighted by atomic mass is 9.85. The van der Waals surface area contributed by atoms with Crippen molar-refractivity contribution in [1.82, 2.24) is 5.32 Å². The Labute approximate surface area is 240 Å². The first-order valence-corrected chi connectivity index (χ1v) is 13.4. The van der Waals surface area contributed by atoms with Crippen LogP contribution in [0, 0.1) is 11.8 Å². The first-order valence-electron chi connectivity index (χ1n) is 13.4. The van der Waals surface area contributed by atoms with Crippen molar-refractivity contribution in [2.24, 2.45) is 17.6 Å². The van der Waals surface area contributed by atoms with E-state index >= 15 is 0 Å². The van der Waals surface area contributed by atoms with Gasteiger partial charge in [-0.2, -0.15) is 0 Å². The molecule has 12 nitrogen and oxygen atoms in total. The van der Waals surface area contributed by atoms with Crippen molar-refractivity contribution < 1.29 is 48.3 Å². The number of ether oxygens (including phenoxy) is 4. The smallest absolute Gasteiger partial charge is 0.405 e. The third-order valence-corrected chi connectivity index (χ3v) is 7.29. The molecule has 1 heterocycles. The molecule has 1 aliphatic carbocycles. The van der Waals surface area contributed by atoms with Crippen LogP contribution in [0.15, 0.2) is 46.4 Å². The van der Waals surface area contributed by atoms with Gasteiger partial charge in [0.15, 0.2) is 11.9 Å². The first kappa shape index (κ1) is 33.9.